The van der Waals surface area contributed by atoms with Crippen molar-refractivity contribution in [3.05, 3.63) is 29.3 Å². The number of hydrogen-bond acceptors (Lipinski definition) is 3. The summed E-state index contributed by atoms with van der Waals surface area (Å²) in [7, 11) is 3.05. The van der Waals surface area contributed by atoms with E-state index in [9.17, 15) is 4.79 Å². The van der Waals surface area contributed by atoms with E-state index in [0.717, 1.165) is 17.7 Å². The number of fused-ring (bicyclic) bond motifs is 1. The Balaban J connectivity index is 2.27. The van der Waals surface area contributed by atoms with E-state index in [1.165, 1.54) is 12.7 Å². The first-order valence-corrected chi connectivity index (χ1v) is 5.24. The average molecular weight is 221 g/mol. The number of amides is 1. The van der Waals surface area contributed by atoms with E-state index in [2.05, 4.69) is 6.07 Å². The lowest BCUT2D eigenvalue weighted by atomic mass is 9.99. The van der Waals surface area contributed by atoms with Crippen LogP contribution in [0, 0.1) is 0 Å². The van der Waals surface area contributed by atoms with Gasteiger partial charge in [0.2, 0.25) is 0 Å². The van der Waals surface area contributed by atoms with Crippen molar-refractivity contribution in [2.45, 2.75) is 13.0 Å². The molecule has 4 nitrogen and oxygen atoms in total. The summed E-state index contributed by atoms with van der Waals surface area (Å²) in [6.45, 7) is 1.26. The standard InChI is InChI=1S/C12H15NO3/c1-15-11-5-3-4-9-6-7-13(8-10(9)11)12(14)16-2/h3-5H,6-8H2,1-2H3. The molecule has 0 saturated heterocycles. The summed E-state index contributed by atoms with van der Waals surface area (Å²) >= 11 is 0. The molecule has 4 heteroatoms. The number of carbonyl (C=O) groups excluding carboxylic acids is 1. The Morgan fingerprint density at radius 1 is 1.38 bits per heavy atom. The van der Waals surface area contributed by atoms with E-state index >= 15 is 0 Å². The number of benzene rings is 1. The molecule has 0 spiro atoms. The minimum absolute atomic E-state index is 0.281. The molecule has 0 saturated carbocycles. The van der Waals surface area contributed by atoms with Gasteiger partial charge in [-0.05, 0) is 18.1 Å². The average Bonchev–Trinajstić information content (AvgIpc) is 2.36. The van der Waals surface area contributed by atoms with Crippen molar-refractivity contribution >= 4 is 6.09 Å². The van der Waals surface area contributed by atoms with Crippen LogP contribution < -0.4 is 4.74 Å². The lowest BCUT2D eigenvalue weighted by Gasteiger charge is -2.28. The molecule has 1 amide bonds. The fourth-order valence-corrected chi connectivity index (χ4v) is 2.03. The van der Waals surface area contributed by atoms with Crippen molar-refractivity contribution in [1.29, 1.82) is 0 Å². The fraction of sp³-hybridized carbons (Fsp3) is 0.417. The van der Waals surface area contributed by atoms with Crippen LogP contribution in [0.15, 0.2) is 18.2 Å². The van der Waals surface area contributed by atoms with Crippen LogP contribution in [0.2, 0.25) is 0 Å². The smallest absolute Gasteiger partial charge is 0.409 e. The zero-order valence-electron chi connectivity index (χ0n) is 9.53. The van der Waals surface area contributed by atoms with Gasteiger partial charge in [-0.1, -0.05) is 12.1 Å². The molecule has 0 radical (unpaired) electrons. The molecule has 0 atom stereocenters. The highest BCUT2D eigenvalue weighted by atomic mass is 16.5. The second kappa shape index (κ2) is 4.43. The predicted octanol–water partition coefficient (Wildman–Crippen LogP) is 1.82. The van der Waals surface area contributed by atoms with E-state index < -0.39 is 0 Å². The van der Waals surface area contributed by atoms with Crippen LogP contribution in [-0.2, 0) is 17.7 Å². The van der Waals surface area contributed by atoms with Crippen molar-refractivity contribution in [1.82, 2.24) is 4.90 Å². The molecule has 86 valence electrons. The lowest BCUT2D eigenvalue weighted by molar-refractivity contribution is 0.118. The third kappa shape index (κ3) is 1.83. The van der Waals surface area contributed by atoms with Gasteiger partial charge in [0, 0.05) is 12.1 Å². The van der Waals surface area contributed by atoms with Crippen LogP contribution in [0.3, 0.4) is 0 Å². The van der Waals surface area contributed by atoms with Crippen molar-refractivity contribution in [3.63, 3.8) is 0 Å². The molecule has 0 unspecified atom stereocenters. The second-order valence-electron chi connectivity index (χ2n) is 3.74. The van der Waals surface area contributed by atoms with Crippen LogP contribution in [0.25, 0.3) is 0 Å². The van der Waals surface area contributed by atoms with E-state index in [0.29, 0.717) is 13.1 Å². The first-order chi connectivity index (χ1) is 7.76. The lowest BCUT2D eigenvalue weighted by Crippen LogP contribution is -2.35. The molecule has 1 aromatic carbocycles. The van der Waals surface area contributed by atoms with E-state index in [-0.39, 0.29) is 6.09 Å². The summed E-state index contributed by atoms with van der Waals surface area (Å²) in [5, 5.41) is 0. The molecule has 0 N–H and O–H groups in total. The molecular weight excluding hydrogens is 206 g/mol. The third-order valence-electron chi connectivity index (χ3n) is 2.88. The maximum absolute atomic E-state index is 11.4. The van der Waals surface area contributed by atoms with Gasteiger partial charge in [-0.2, -0.15) is 0 Å². The quantitative estimate of drug-likeness (QED) is 0.726. The van der Waals surface area contributed by atoms with Gasteiger partial charge in [0.05, 0.1) is 20.8 Å². The molecule has 0 fully saturated rings. The second-order valence-corrected chi connectivity index (χ2v) is 3.74. The molecule has 0 bridgehead atoms. The molecular formula is C12H15NO3. The SMILES string of the molecule is COC(=O)N1CCc2cccc(OC)c2C1. The van der Waals surface area contributed by atoms with Gasteiger partial charge >= 0.3 is 6.09 Å². The Labute approximate surface area is 94.8 Å². The fourth-order valence-electron chi connectivity index (χ4n) is 2.03. The molecule has 1 aliphatic heterocycles. The van der Waals surface area contributed by atoms with Gasteiger partial charge in [0.1, 0.15) is 5.75 Å². The summed E-state index contributed by atoms with van der Waals surface area (Å²) in [4.78, 5) is 13.1. The topological polar surface area (TPSA) is 38.8 Å². The molecule has 0 aliphatic carbocycles. The molecule has 1 aromatic rings. The van der Waals surface area contributed by atoms with Gasteiger partial charge in [0.25, 0.3) is 0 Å². The van der Waals surface area contributed by atoms with Crippen LogP contribution in [0.4, 0.5) is 4.79 Å². The Kier molecular flexibility index (Phi) is 2.99. The Morgan fingerprint density at radius 3 is 2.88 bits per heavy atom. The minimum Gasteiger partial charge on any atom is -0.496 e. The minimum atomic E-state index is -0.281. The predicted molar refractivity (Wildman–Crippen MR) is 59.5 cm³/mol. The molecule has 0 aromatic heterocycles. The highest BCUT2D eigenvalue weighted by molar-refractivity contribution is 5.68. The maximum Gasteiger partial charge on any atom is 0.409 e. The maximum atomic E-state index is 11.4. The monoisotopic (exact) mass is 221 g/mol. The zero-order valence-corrected chi connectivity index (χ0v) is 9.53. The summed E-state index contributed by atoms with van der Waals surface area (Å²) in [6.07, 6.45) is 0.568. The van der Waals surface area contributed by atoms with Crippen molar-refractivity contribution in [3.8, 4) is 5.75 Å². The van der Waals surface area contributed by atoms with Gasteiger partial charge in [-0.15, -0.1) is 0 Å². The molecule has 16 heavy (non-hydrogen) atoms. The number of hydrogen-bond donors (Lipinski definition) is 0. The van der Waals surface area contributed by atoms with Crippen molar-refractivity contribution in [2.75, 3.05) is 20.8 Å². The van der Waals surface area contributed by atoms with Crippen LogP contribution >= 0.6 is 0 Å². The highest BCUT2D eigenvalue weighted by Gasteiger charge is 2.23. The van der Waals surface area contributed by atoms with E-state index in [1.807, 2.05) is 12.1 Å². The first-order valence-electron chi connectivity index (χ1n) is 5.24. The number of rotatable bonds is 1. The van der Waals surface area contributed by atoms with Gasteiger partial charge < -0.3 is 14.4 Å². The summed E-state index contributed by atoms with van der Waals surface area (Å²) < 4.78 is 10.0. The number of ether oxygens (including phenoxy) is 2. The zero-order chi connectivity index (χ0) is 11.5. The van der Waals surface area contributed by atoms with Gasteiger partial charge in [-0.25, -0.2) is 4.79 Å². The summed E-state index contributed by atoms with van der Waals surface area (Å²) in [6, 6.07) is 5.97. The summed E-state index contributed by atoms with van der Waals surface area (Å²) in [5.41, 5.74) is 2.33. The number of nitrogens with zero attached hydrogens (tertiary/aromatic N) is 1. The van der Waals surface area contributed by atoms with Crippen LogP contribution in [-0.4, -0.2) is 31.8 Å². The Morgan fingerprint density at radius 2 is 2.19 bits per heavy atom. The normalized spacial score (nSPS) is 14.2. The van der Waals surface area contributed by atoms with Crippen molar-refractivity contribution in [2.24, 2.45) is 0 Å². The van der Waals surface area contributed by atoms with E-state index in [4.69, 9.17) is 9.47 Å². The Bertz CT molecular complexity index is 389. The number of carbonyl (C=O) groups is 1. The van der Waals surface area contributed by atoms with E-state index in [1.54, 1.807) is 12.0 Å². The van der Waals surface area contributed by atoms with Crippen LogP contribution in [0.1, 0.15) is 11.1 Å². The largest absolute Gasteiger partial charge is 0.496 e. The van der Waals surface area contributed by atoms with Gasteiger partial charge in [0.15, 0.2) is 0 Å². The Hall–Kier alpha value is -1.71. The summed E-state index contributed by atoms with van der Waals surface area (Å²) in [5.74, 6) is 0.839. The van der Waals surface area contributed by atoms with Crippen molar-refractivity contribution < 1.29 is 14.3 Å². The first kappa shape index (κ1) is 10.8. The third-order valence-corrected chi connectivity index (χ3v) is 2.88. The number of methoxy groups -OCH3 is 2. The van der Waals surface area contributed by atoms with Gasteiger partial charge in [-0.3, -0.25) is 0 Å². The molecule has 2 rings (SSSR count). The van der Waals surface area contributed by atoms with Crippen LogP contribution in [0.5, 0.6) is 5.75 Å². The highest BCUT2D eigenvalue weighted by Crippen LogP contribution is 2.27. The molecule has 1 aliphatic rings. The molecule has 1 heterocycles.